The van der Waals surface area contributed by atoms with E-state index in [0.717, 1.165) is 18.4 Å². The summed E-state index contributed by atoms with van der Waals surface area (Å²) in [6.45, 7) is 1.80. The van der Waals surface area contributed by atoms with Gasteiger partial charge in [-0.05, 0) is 30.5 Å². The van der Waals surface area contributed by atoms with Crippen LogP contribution < -0.4 is 10.6 Å². The quantitative estimate of drug-likeness (QED) is 0.755. The summed E-state index contributed by atoms with van der Waals surface area (Å²) in [5.74, 6) is -1.97. The summed E-state index contributed by atoms with van der Waals surface area (Å²) < 4.78 is 42.3. The van der Waals surface area contributed by atoms with Crippen molar-refractivity contribution in [2.24, 2.45) is 0 Å². The Kier molecular flexibility index (Phi) is 6.41. The number of hydrogen-bond donors (Lipinski definition) is 2. The maximum Gasteiger partial charge on any atom is 0.471 e. The monoisotopic (exact) mass is 330 g/mol. The van der Waals surface area contributed by atoms with Gasteiger partial charge in [-0.25, -0.2) is 0 Å². The molecule has 1 saturated carbocycles. The average molecular weight is 330 g/mol. The molecule has 1 aromatic rings. The first-order valence-electron chi connectivity index (χ1n) is 7.74. The van der Waals surface area contributed by atoms with Crippen molar-refractivity contribution in [2.75, 3.05) is 18.5 Å². The fraction of sp³-hybridized carbons (Fsp3) is 0.562. The Bertz CT molecular complexity index is 514. The van der Waals surface area contributed by atoms with Crippen LogP contribution in [0.1, 0.15) is 31.2 Å². The topological polar surface area (TPSA) is 50.4 Å². The van der Waals surface area contributed by atoms with E-state index in [2.05, 4.69) is 5.32 Å². The van der Waals surface area contributed by atoms with Crippen LogP contribution in [0.15, 0.2) is 24.3 Å². The number of nitrogens with one attached hydrogen (secondary N) is 2. The number of carbonyl (C=O) groups is 1. The van der Waals surface area contributed by atoms with Gasteiger partial charge in [0.05, 0.1) is 12.7 Å². The Hall–Kier alpha value is -1.60. The summed E-state index contributed by atoms with van der Waals surface area (Å²) in [4.78, 5) is 10.9. The number of halogens is 3. The molecular formula is C16H21F3N2O2. The van der Waals surface area contributed by atoms with E-state index < -0.39 is 12.1 Å². The molecule has 0 saturated heterocycles. The second-order valence-corrected chi connectivity index (χ2v) is 5.61. The zero-order valence-corrected chi connectivity index (χ0v) is 12.8. The van der Waals surface area contributed by atoms with E-state index in [1.807, 2.05) is 5.32 Å². The first kappa shape index (κ1) is 17.7. The lowest BCUT2D eigenvalue weighted by Crippen LogP contribution is -2.30. The SMILES string of the molecule is O=C(Nc1cccc(CNCCOC2CCCC2)c1)C(F)(F)F. The molecule has 1 aliphatic rings. The van der Waals surface area contributed by atoms with Gasteiger partial charge in [-0.15, -0.1) is 0 Å². The molecule has 1 amide bonds. The van der Waals surface area contributed by atoms with Gasteiger partial charge in [-0.3, -0.25) is 4.79 Å². The Morgan fingerprint density at radius 1 is 1.26 bits per heavy atom. The molecule has 0 radical (unpaired) electrons. The van der Waals surface area contributed by atoms with Gasteiger partial charge in [0.15, 0.2) is 0 Å². The van der Waals surface area contributed by atoms with Gasteiger partial charge in [0.1, 0.15) is 0 Å². The number of amides is 1. The number of hydrogen-bond acceptors (Lipinski definition) is 3. The summed E-state index contributed by atoms with van der Waals surface area (Å²) in [6, 6.07) is 6.34. The normalized spacial score (nSPS) is 15.8. The predicted molar refractivity (Wildman–Crippen MR) is 81.0 cm³/mol. The first-order valence-corrected chi connectivity index (χ1v) is 7.74. The van der Waals surface area contributed by atoms with Crippen LogP contribution in [0.25, 0.3) is 0 Å². The van der Waals surface area contributed by atoms with Crippen molar-refractivity contribution in [3.63, 3.8) is 0 Å². The smallest absolute Gasteiger partial charge is 0.377 e. The van der Waals surface area contributed by atoms with Crippen molar-refractivity contribution < 1.29 is 22.7 Å². The molecule has 0 unspecified atom stereocenters. The van der Waals surface area contributed by atoms with Gasteiger partial charge >= 0.3 is 12.1 Å². The van der Waals surface area contributed by atoms with Crippen molar-refractivity contribution >= 4 is 11.6 Å². The molecule has 7 heteroatoms. The standard InChI is InChI=1S/C16H21F3N2O2/c17-16(18,19)15(22)21-13-5-3-4-12(10-13)11-20-8-9-23-14-6-1-2-7-14/h3-5,10,14,20H,1-2,6-9,11H2,(H,21,22). The molecule has 23 heavy (non-hydrogen) atoms. The van der Waals surface area contributed by atoms with Gasteiger partial charge in [0, 0.05) is 18.8 Å². The molecule has 1 aromatic carbocycles. The summed E-state index contributed by atoms with van der Waals surface area (Å²) in [6.07, 6.45) is 0.203. The van der Waals surface area contributed by atoms with Crippen molar-refractivity contribution in [1.82, 2.24) is 5.32 Å². The van der Waals surface area contributed by atoms with Crippen molar-refractivity contribution in [3.05, 3.63) is 29.8 Å². The average Bonchev–Trinajstić information content (AvgIpc) is 2.99. The third-order valence-electron chi connectivity index (χ3n) is 3.71. The summed E-state index contributed by atoms with van der Waals surface area (Å²) >= 11 is 0. The van der Waals surface area contributed by atoms with E-state index in [0.29, 0.717) is 25.8 Å². The highest BCUT2D eigenvalue weighted by Crippen LogP contribution is 2.20. The first-order chi connectivity index (χ1) is 10.9. The lowest BCUT2D eigenvalue weighted by atomic mass is 10.2. The van der Waals surface area contributed by atoms with Crippen molar-refractivity contribution in [3.8, 4) is 0 Å². The third-order valence-corrected chi connectivity index (χ3v) is 3.71. The van der Waals surface area contributed by atoms with E-state index in [4.69, 9.17) is 4.74 Å². The van der Waals surface area contributed by atoms with Crippen LogP contribution in [-0.2, 0) is 16.1 Å². The molecule has 0 heterocycles. The highest BCUT2D eigenvalue weighted by molar-refractivity contribution is 5.94. The van der Waals surface area contributed by atoms with E-state index in [-0.39, 0.29) is 5.69 Å². The van der Waals surface area contributed by atoms with Crippen LogP contribution in [0.4, 0.5) is 18.9 Å². The third kappa shape index (κ3) is 6.19. The van der Waals surface area contributed by atoms with Crippen molar-refractivity contribution in [1.29, 1.82) is 0 Å². The molecule has 0 bridgehead atoms. The van der Waals surface area contributed by atoms with Crippen molar-refractivity contribution in [2.45, 2.75) is 44.5 Å². The zero-order chi connectivity index (χ0) is 16.7. The molecule has 0 aromatic heterocycles. The fourth-order valence-corrected chi connectivity index (χ4v) is 2.55. The number of alkyl halides is 3. The molecule has 0 atom stereocenters. The van der Waals surface area contributed by atoms with Crippen LogP contribution in [0, 0.1) is 0 Å². The number of ether oxygens (including phenoxy) is 1. The Morgan fingerprint density at radius 3 is 2.70 bits per heavy atom. The molecule has 0 spiro atoms. The van der Waals surface area contributed by atoms with Crippen LogP contribution in [0.2, 0.25) is 0 Å². The minimum absolute atomic E-state index is 0.133. The zero-order valence-electron chi connectivity index (χ0n) is 12.8. The highest BCUT2D eigenvalue weighted by Gasteiger charge is 2.38. The number of carbonyl (C=O) groups excluding carboxylic acids is 1. The van der Waals surface area contributed by atoms with Gasteiger partial charge in [-0.1, -0.05) is 25.0 Å². The Morgan fingerprint density at radius 2 is 2.00 bits per heavy atom. The van der Waals surface area contributed by atoms with Crippen LogP contribution in [0.5, 0.6) is 0 Å². The molecule has 1 aliphatic carbocycles. The molecule has 4 nitrogen and oxygen atoms in total. The van der Waals surface area contributed by atoms with E-state index in [9.17, 15) is 18.0 Å². The molecule has 2 rings (SSSR count). The Labute approximate surface area is 133 Å². The van der Waals surface area contributed by atoms with Crippen LogP contribution in [-0.4, -0.2) is 31.3 Å². The van der Waals surface area contributed by atoms with Gasteiger partial charge in [0.2, 0.25) is 0 Å². The van der Waals surface area contributed by atoms with E-state index in [1.165, 1.54) is 25.0 Å². The molecule has 128 valence electrons. The number of anilines is 1. The lowest BCUT2D eigenvalue weighted by Gasteiger charge is -2.12. The van der Waals surface area contributed by atoms with E-state index in [1.54, 1.807) is 12.1 Å². The minimum atomic E-state index is -4.88. The van der Waals surface area contributed by atoms with Crippen LogP contribution in [0.3, 0.4) is 0 Å². The second kappa shape index (κ2) is 8.31. The Balaban J connectivity index is 1.71. The maximum absolute atomic E-state index is 12.2. The predicted octanol–water partition coefficient (Wildman–Crippen LogP) is 3.24. The molecular weight excluding hydrogens is 309 g/mol. The van der Waals surface area contributed by atoms with Gasteiger partial charge in [0.25, 0.3) is 0 Å². The minimum Gasteiger partial charge on any atom is -0.377 e. The van der Waals surface area contributed by atoms with E-state index >= 15 is 0 Å². The van der Waals surface area contributed by atoms with Gasteiger partial charge < -0.3 is 15.4 Å². The maximum atomic E-state index is 12.2. The molecule has 1 fully saturated rings. The number of rotatable bonds is 7. The molecule has 2 N–H and O–H groups in total. The molecule has 0 aliphatic heterocycles. The summed E-state index contributed by atoms with van der Waals surface area (Å²) in [7, 11) is 0. The fourth-order valence-electron chi connectivity index (χ4n) is 2.55. The van der Waals surface area contributed by atoms with Crippen LogP contribution >= 0.6 is 0 Å². The largest absolute Gasteiger partial charge is 0.471 e. The van der Waals surface area contributed by atoms with Gasteiger partial charge in [-0.2, -0.15) is 13.2 Å². The summed E-state index contributed by atoms with van der Waals surface area (Å²) in [5.41, 5.74) is 0.930. The lowest BCUT2D eigenvalue weighted by molar-refractivity contribution is -0.167. The highest BCUT2D eigenvalue weighted by atomic mass is 19.4. The summed E-state index contributed by atoms with van der Waals surface area (Å²) in [5, 5.41) is 5.02. The number of benzene rings is 1. The second-order valence-electron chi connectivity index (χ2n) is 5.61.